The fourth-order valence-corrected chi connectivity index (χ4v) is 3.41. The van der Waals surface area contributed by atoms with E-state index in [1.54, 1.807) is 4.90 Å². The molecule has 2 fully saturated rings. The first-order valence-corrected chi connectivity index (χ1v) is 8.93. The summed E-state index contributed by atoms with van der Waals surface area (Å²) >= 11 is 0. The van der Waals surface area contributed by atoms with Crippen LogP contribution >= 0.6 is 0 Å². The molecule has 0 aliphatic carbocycles. The van der Waals surface area contributed by atoms with Crippen LogP contribution in [-0.2, 0) is 9.53 Å². The Kier molecular flexibility index (Phi) is 4.99. The van der Waals surface area contributed by atoms with Gasteiger partial charge in [0.15, 0.2) is 0 Å². The van der Waals surface area contributed by atoms with Crippen LogP contribution in [0.1, 0.15) is 27.2 Å². The summed E-state index contributed by atoms with van der Waals surface area (Å²) in [5.74, 6) is 0.164. The zero-order chi connectivity index (χ0) is 18.0. The molecule has 2 amide bonds. The Hall–Kier alpha value is -2.08. The second-order valence-electron chi connectivity index (χ2n) is 7.63. The maximum absolute atomic E-state index is 12.8. The van der Waals surface area contributed by atoms with Crippen LogP contribution in [0.4, 0.5) is 10.5 Å². The van der Waals surface area contributed by atoms with Gasteiger partial charge in [-0.15, -0.1) is 0 Å². The summed E-state index contributed by atoms with van der Waals surface area (Å²) in [6.45, 7) is 8.98. The minimum atomic E-state index is -0.480. The number of carbonyl (C=O) groups excluding carboxylic acids is 2. The lowest BCUT2D eigenvalue weighted by Gasteiger charge is -2.37. The van der Waals surface area contributed by atoms with Crippen molar-refractivity contribution in [2.75, 3.05) is 37.6 Å². The van der Waals surface area contributed by atoms with Crippen LogP contribution in [0, 0.1) is 0 Å². The van der Waals surface area contributed by atoms with Gasteiger partial charge in [-0.2, -0.15) is 0 Å². The number of hydrogen-bond donors (Lipinski definition) is 0. The number of anilines is 1. The lowest BCUT2D eigenvalue weighted by molar-refractivity contribution is -0.122. The molecule has 6 nitrogen and oxygen atoms in total. The largest absolute Gasteiger partial charge is 0.444 e. The second-order valence-corrected chi connectivity index (χ2v) is 7.63. The topological polar surface area (TPSA) is 53.1 Å². The molecule has 0 spiro atoms. The number of rotatable bonds is 2. The molecule has 0 unspecified atom stereocenters. The predicted octanol–water partition coefficient (Wildman–Crippen LogP) is 2.34. The van der Waals surface area contributed by atoms with E-state index >= 15 is 0 Å². The molecule has 0 bridgehead atoms. The van der Waals surface area contributed by atoms with E-state index in [9.17, 15) is 9.59 Å². The molecular weight excluding hydrogens is 318 g/mol. The molecule has 0 N–H and O–H groups in total. The van der Waals surface area contributed by atoms with Crippen molar-refractivity contribution in [1.29, 1.82) is 0 Å². The van der Waals surface area contributed by atoms with E-state index in [0.717, 1.165) is 18.7 Å². The first-order chi connectivity index (χ1) is 11.8. The highest BCUT2D eigenvalue weighted by atomic mass is 16.6. The van der Waals surface area contributed by atoms with Crippen molar-refractivity contribution in [2.45, 2.75) is 38.8 Å². The molecule has 2 aliphatic rings. The molecule has 136 valence electrons. The highest BCUT2D eigenvalue weighted by Crippen LogP contribution is 2.25. The number of piperazine rings is 1. The van der Waals surface area contributed by atoms with Crippen LogP contribution in [0.5, 0.6) is 0 Å². The summed E-state index contributed by atoms with van der Waals surface area (Å²) in [4.78, 5) is 30.7. The van der Waals surface area contributed by atoms with Crippen LogP contribution in [0.3, 0.4) is 0 Å². The van der Waals surface area contributed by atoms with Crippen molar-refractivity contribution in [2.24, 2.45) is 0 Å². The summed E-state index contributed by atoms with van der Waals surface area (Å²) in [5.41, 5.74) is 0.480. The molecule has 0 saturated carbocycles. The molecule has 0 radical (unpaired) electrons. The summed E-state index contributed by atoms with van der Waals surface area (Å²) < 4.78 is 5.43. The van der Waals surface area contributed by atoms with Crippen molar-refractivity contribution in [3.63, 3.8) is 0 Å². The average molecular weight is 345 g/mol. The zero-order valence-corrected chi connectivity index (χ0v) is 15.3. The number of carbonyl (C=O) groups is 2. The monoisotopic (exact) mass is 345 g/mol. The lowest BCUT2D eigenvalue weighted by Crippen LogP contribution is -2.54. The molecule has 0 aromatic heterocycles. The quantitative estimate of drug-likeness (QED) is 0.826. The van der Waals surface area contributed by atoms with Gasteiger partial charge in [-0.1, -0.05) is 18.2 Å². The minimum absolute atomic E-state index is 0.0824. The van der Waals surface area contributed by atoms with Gasteiger partial charge < -0.3 is 14.5 Å². The number of benzene rings is 1. The van der Waals surface area contributed by atoms with Gasteiger partial charge in [0.2, 0.25) is 5.91 Å². The van der Waals surface area contributed by atoms with E-state index in [1.807, 2.05) is 56.0 Å². The Morgan fingerprint density at radius 2 is 1.68 bits per heavy atom. The molecule has 6 heteroatoms. The summed E-state index contributed by atoms with van der Waals surface area (Å²) in [6.07, 6.45) is 0.566. The van der Waals surface area contributed by atoms with Gasteiger partial charge in [-0.3, -0.25) is 9.69 Å². The Labute approximate surface area is 149 Å². The Morgan fingerprint density at radius 1 is 1.04 bits per heavy atom. The number of nitrogens with zero attached hydrogens (tertiary/aromatic N) is 3. The van der Waals surface area contributed by atoms with Gasteiger partial charge in [0.05, 0.1) is 6.04 Å². The van der Waals surface area contributed by atoms with Gasteiger partial charge in [0.1, 0.15) is 5.60 Å². The van der Waals surface area contributed by atoms with E-state index < -0.39 is 5.60 Å². The first kappa shape index (κ1) is 17.7. The molecule has 2 aliphatic heterocycles. The van der Waals surface area contributed by atoms with Gasteiger partial charge in [-0.05, 0) is 39.3 Å². The first-order valence-electron chi connectivity index (χ1n) is 8.93. The summed E-state index contributed by atoms with van der Waals surface area (Å²) in [6, 6.07) is 9.73. The van der Waals surface area contributed by atoms with Gasteiger partial charge >= 0.3 is 6.09 Å². The average Bonchev–Trinajstić information content (AvgIpc) is 2.96. The van der Waals surface area contributed by atoms with Crippen LogP contribution in [0.25, 0.3) is 0 Å². The highest BCUT2D eigenvalue weighted by Gasteiger charge is 2.38. The smallest absolute Gasteiger partial charge is 0.410 e. The van der Waals surface area contributed by atoms with E-state index in [0.29, 0.717) is 26.2 Å². The Balaban J connectivity index is 1.55. The third-order valence-electron chi connectivity index (χ3n) is 4.65. The van der Waals surface area contributed by atoms with Gasteiger partial charge in [0.25, 0.3) is 0 Å². The van der Waals surface area contributed by atoms with Crippen molar-refractivity contribution >= 4 is 17.7 Å². The van der Waals surface area contributed by atoms with Crippen LogP contribution in [0.2, 0.25) is 0 Å². The van der Waals surface area contributed by atoms with Crippen LogP contribution in [-0.4, -0.2) is 66.2 Å². The molecule has 1 atom stereocenters. The van der Waals surface area contributed by atoms with Crippen molar-refractivity contribution in [3.8, 4) is 0 Å². The van der Waals surface area contributed by atoms with Crippen LogP contribution in [0.15, 0.2) is 30.3 Å². The molecule has 1 aromatic carbocycles. The SMILES string of the molecule is CC(C)(C)OC(=O)N1CCN([C@H]2CCN(c3ccccc3)C2=O)CC1. The predicted molar refractivity (Wildman–Crippen MR) is 96.6 cm³/mol. The van der Waals surface area contributed by atoms with E-state index in [4.69, 9.17) is 4.74 Å². The van der Waals surface area contributed by atoms with Crippen molar-refractivity contribution in [3.05, 3.63) is 30.3 Å². The van der Waals surface area contributed by atoms with Gasteiger partial charge in [0, 0.05) is 38.4 Å². The third kappa shape index (κ3) is 4.12. The maximum Gasteiger partial charge on any atom is 0.410 e. The molecule has 25 heavy (non-hydrogen) atoms. The van der Waals surface area contributed by atoms with Crippen LogP contribution < -0.4 is 4.90 Å². The Bertz CT molecular complexity index is 619. The molecule has 1 aromatic rings. The third-order valence-corrected chi connectivity index (χ3v) is 4.65. The minimum Gasteiger partial charge on any atom is -0.444 e. The zero-order valence-electron chi connectivity index (χ0n) is 15.3. The molecule has 3 rings (SSSR count). The number of hydrogen-bond acceptors (Lipinski definition) is 4. The van der Waals surface area contributed by atoms with Gasteiger partial charge in [-0.25, -0.2) is 4.79 Å². The lowest BCUT2D eigenvalue weighted by atomic mass is 10.2. The van der Waals surface area contributed by atoms with E-state index in [1.165, 1.54) is 0 Å². The van der Waals surface area contributed by atoms with E-state index in [2.05, 4.69) is 4.90 Å². The van der Waals surface area contributed by atoms with Crippen molar-refractivity contribution < 1.29 is 14.3 Å². The fourth-order valence-electron chi connectivity index (χ4n) is 3.41. The Morgan fingerprint density at radius 3 is 2.28 bits per heavy atom. The summed E-state index contributed by atoms with van der Waals surface area (Å²) in [5, 5.41) is 0. The normalized spacial score (nSPS) is 22.4. The molecule has 2 heterocycles. The number of para-hydroxylation sites is 1. The molecule has 2 saturated heterocycles. The summed E-state index contributed by atoms with van der Waals surface area (Å²) in [7, 11) is 0. The highest BCUT2D eigenvalue weighted by molar-refractivity contribution is 5.99. The maximum atomic E-state index is 12.8. The standard InChI is InChI=1S/C19H27N3O3/c1-19(2,3)25-18(24)21-13-11-20(12-14-21)16-9-10-22(17(16)23)15-7-5-4-6-8-15/h4-8,16H,9-14H2,1-3H3/t16-/m0/s1. The second kappa shape index (κ2) is 7.04. The van der Waals surface area contributed by atoms with E-state index in [-0.39, 0.29) is 18.0 Å². The fraction of sp³-hybridized carbons (Fsp3) is 0.579. The number of ether oxygens (including phenoxy) is 1. The molecular formula is C19H27N3O3. The van der Waals surface area contributed by atoms with Crippen molar-refractivity contribution in [1.82, 2.24) is 9.80 Å². The number of amides is 2.